The Bertz CT molecular complexity index is 152. The van der Waals surface area contributed by atoms with Gasteiger partial charge in [-0.15, -0.1) is 0 Å². The van der Waals surface area contributed by atoms with Gasteiger partial charge in [0.05, 0.1) is 6.61 Å². The maximum atomic E-state index is 10.2. The van der Waals surface area contributed by atoms with Crippen molar-refractivity contribution in [2.45, 2.75) is 0 Å². The zero-order valence-electron chi connectivity index (χ0n) is 5.48. The first kappa shape index (κ1) is 8.74. The highest BCUT2D eigenvalue weighted by atomic mass is 16.6. The van der Waals surface area contributed by atoms with E-state index in [0.717, 1.165) is 0 Å². The fourth-order valence-corrected chi connectivity index (χ4v) is 0.278. The molecule has 0 fully saturated rings. The van der Waals surface area contributed by atoms with Gasteiger partial charge >= 0.3 is 6.09 Å². The standard InChI is InChI=1S/C4H7N3O3/c1-9-2-3-10-4(8)6-7-5/h2-3H2,1H3. The quantitative estimate of drug-likeness (QED) is 0.258. The van der Waals surface area contributed by atoms with Crippen LogP contribution in [0, 0.1) is 0 Å². The largest absolute Gasteiger partial charge is 0.458 e. The summed E-state index contributed by atoms with van der Waals surface area (Å²) in [5, 5.41) is 2.66. The van der Waals surface area contributed by atoms with Gasteiger partial charge in [-0.25, -0.2) is 4.79 Å². The molecule has 0 saturated heterocycles. The number of nitrogens with zero attached hydrogens (tertiary/aromatic N) is 3. The van der Waals surface area contributed by atoms with Crippen LogP contribution in [0.5, 0.6) is 0 Å². The van der Waals surface area contributed by atoms with Crippen LogP contribution in [0.25, 0.3) is 10.4 Å². The molecule has 0 radical (unpaired) electrons. The van der Waals surface area contributed by atoms with Crippen molar-refractivity contribution < 1.29 is 14.3 Å². The van der Waals surface area contributed by atoms with Crippen molar-refractivity contribution in [3.8, 4) is 0 Å². The number of hydrogen-bond acceptors (Lipinski definition) is 3. The van der Waals surface area contributed by atoms with E-state index in [4.69, 9.17) is 5.53 Å². The number of rotatable bonds is 3. The van der Waals surface area contributed by atoms with E-state index in [9.17, 15) is 4.79 Å². The maximum absolute atomic E-state index is 10.2. The normalized spacial score (nSPS) is 8.10. The van der Waals surface area contributed by atoms with Gasteiger partial charge in [-0.05, 0) is 5.53 Å². The average Bonchev–Trinajstić information content (AvgIpc) is 1.89. The first-order valence-electron chi connectivity index (χ1n) is 2.52. The molecule has 10 heavy (non-hydrogen) atoms. The van der Waals surface area contributed by atoms with Crippen molar-refractivity contribution in [2.24, 2.45) is 5.11 Å². The minimum atomic E-state index is -0.931. The van der Waals surface area contributed by atoms with Gasteiger partial charge in [-0.2, -0.15) is 0 Å². The molecule has 1 amide bonds. The van der Waals surface area contributed by atoms with Gasteiger partial charge in [-0.3, -0.25) is 0 Å². The summed E-state index contributed by atoms with van der Waals surface area (Å²) >= 11 is 0. The van der Waals surface area contributed by atoms with Crippen LogP contribution in [0.4, 0.5) is 4.79 Å². The number of methoxy groups -OCH3 is 1. The molecule has 0 N–H and O–H groups in total. The van der Waals surface area contributed by atoms with Crippen LogP contribution >= 0.6 is 0 Å². The van der Waals surface area contributed by atoms with Crippen LogP contribution in [-0.2, 0) is 9.47 Å². The van der Waals surface area contributed by atoms with Gasteiger partial charge in [0.25, 0.3) is 0 Å². The van der Waals surface area contributed by atoms with Gasteiger partial charge < -0.3 is 9.47 Å². The highest BCUT2D eigenvalue weighted by Gasteiger charge is 1.94. The number of hydrogen-bond donors (Lipinski definition) is 0. The minimum Gasteiger partial charge on any atom is -0.458 e. The second-order valence-electron chi connectivity index (χ2n) is 1.30. The molecule has 0 aromatic heterocycles. The Hall–Kier alpha value is -1.26. The van der Waals surface area contributed by atoms with Crippen molar-refractivity contribution in [2.75, 3.05) is 20.3 Å². The molecule has 0 unspecified atom stereocenters. The second kappa shape index (κ2) is 5.87. The molecule has 6 nitrogen and oxygen atoms in total. The van der Waals surface area contributed by atoms with Crippen LogP contribution in [0.3, 0.4) is 0 Å². The number of azide groups is 1. The van der Waals surface area contributed by atoms with E-state index >= 15 is 0 Å². The predicted molar refractivity (Wildman–Crippen MR) is 32.4 cm³/mol. The molecule has 56 valence electrons. The molecular weight excluding hydrogens is 138 g/mol. The van der Waals surface area contributed by atoms with Crippen molar-refractivity contribution >= 4 is 6.09 Å². The zero-order valence-corrected chi connectivity index (χ0v) is 5.48. The Labute approximate surface area is 57.4 Å². The lowest BCUT2D eigenvalue weighted by Crippen LogP contribution is -2.04. The molecule has 6 heteroatoms. The van der Waals surface area contributed by atoms with Gasteiger partial charge in [0, 0.05) is 17.1 Å². The summed E-state index contributed by atoms with van der Waals surface area (Å²) in [4.78, 5) is 12.4. The summed E-state index contributed by atoms with van der Waals surface area (Å²) < 4.78 is 8.90. The van der Waals surface area contributed by atoms with E-state index in [1.54, 1.807) is 0 Å². The molecule has 0 saturated carbocycles. The smallest absolute Gasteiger partial charge is 0.396 e. The van der Waals surface area contributed by atoms with Gasteiger partial charge in [0.2, 0.25) is 0 Å². The molecule has 0 heterocycles. The summed E-state index contributed by atoms with van der Waals surface area (Å²) in [7, 11) is 1.47. The number of ether oxygens (including phenoxy) is 2. The third kappa shape index (κ3) is 4.89. The Morgan fingerprint density at radius 1 is 1.70 bits per heavy atom. The molecule has 0 aromatic carbocycles. The first-order chi connectivity index (χ1) is 4.81. The van der Waals surface area contributed by atoms with Crippen molar-refractivity contribution in [1.29, 1.82) is 0 Å². The zero-order chi connectivity index (χ0) is 7.82. The Morgan fingerprint density at radius 3 is 2.90 bits per heavy atom. The molecule has 0 aliphatic heterocycles. The first-order valence-corrected chi connectivity index (χ1v) is 2.52. The van der Waals surface area contributed by atoms with Crippen LogP contribution in [0.1, 0.15) is 0 Å². The lowest BCUT2D eigenvalue weighted by Gasteiger charge is -1.97. The number of carbonyl (C=O) groups is 1. The highest BCUT2D eigenvalue weighted by Crippen LogP contribution is 1.83. The molecule has 0 atom stereocenters. The Morgan fingerprint density at radius 2 is 2.40 bits per heavy atom. The Balaban J connectivity index is 3.31. The molecule has 0 aromatic rings. The van der Waals surface area contributed by atoms with Crippen LogP contribution in [0.2, 0.25) is 0 Å². The molecule has 0 aliphatic carbocycles. The lowest BCUT2D eigenvalue weighted by atomic mass is 10.8. The molecule has 0 aliphatic rings. The average molecular weight is 145 g/mol. The summed E-state index contributed by atoms with van der Waals surface area (Å²) in [6, 6.07) is 0. The molecule has 0 rings (SSSR count). The van der Waals surface area contributed by atoms with E-state index in [2.05, 4.69) is 19.5 Å². The second-order valence-corrected chi connectivity index (χ2v) is 1.30. The summed E-state index contributed by atoms with van der Waals surface area (Å²) in [5.41, 5.74) is 7.72. The Kier molecular flexibility index (Phi) is 5.13. The monoisotopic (exact) mass is 145 g/mol. The number of carbonyl (C=O) groups excluding carboxylic acids is 1. The number of amides is 1. The van der Waals surface area contributed by atoms with Gasteiger partial charge in [0.15, 0.2) is 0 Å². The topological polar surface area (TPSA) is 84.3 Å². The van der Waals surface area contributed by atoms with E-state index in [0.29, 0.717) is 6.61 Å². The van der Waals surface area contributed by atoms with E-state index < -0.39 is 6.09 Å². The van der Waals surface area contributed by atoms with Crippen molar-refractivity contribution in [3.63, 3.8) is 0 Å². The minimum absolute atomic E-state index is 0.106. The van der Waals surface area contributed by atoms with Crippen LogP contribution < -0.4 is 0 Å². The summed E-state index contributed by atoms with van der Waals surface area (Å²) in [6.45, 7) is 0.404. The fourth-order valence-electron chi connectivity index (χ4n) is 0.278. The molecular formula is C4H7N3O3. The van der Waals surface area contributed by atoms with Crippen LogP contribution in [0.15, 0.2) is 5.11 Å². The van der Waals surface area contributed by atoms with E-state index in [1.165, 1.54) is 7.11 Å². The third-order valence-corrected chi connectivity index (χ3v) is 0.639. The molecule has 0 spiro atoms. The lowest BCUT2D eigenvalue weighted by molar-refractivity contribution is 0.105. The predicted octanol–water partition coefficient (Wildman–Crippen LogP) is 1.08. The fraction of sp³-hybridized carbons (Fsp3) is 0.750. The summed E-state index contributed by atoms with van der Waals surface area (Å²) in [5.74, 6) is 0. The maximum Gasteiger partial charge on any atom is 0.396 e. The SMILES string of the molecule is COCCOC(=O)N=[N+]=[N-]. The molecule has 0 bridgehead atoms. The van der Waals surface area contributed by atoms with Gasteiger partial charge in [-0.1, -0.05) is 0 Å². The highest BCUT2D eigenvalue weighted by molar-refractivity contribution is 5.67. The van der Waals surface area contributed by atoms with Gasteiger partial charge in [0.1, 0.15) is 6.61 Å². The van der Waals surface area contributed by atoms with E-state index in [1.807, 2.05) is 0 Å². The van der Waals surface area contributed by atoms with E-state index in [-0.39, 0.29) is 6.61 Å². The van der Waals surface area contributed by atoms with Crippen LogP contribution in [-0.4, -0.2) is 26.4 Å². The van der Waals surface area contributed by atoms with Crippen molar-refractivity contribution in [1.82, 2.24) is 0 Å². The van der Waals surface area contributed by atoms with Crippen molar-refractivity contribution in [3.05, 3.63) is 10.4 Å². The summed E-state index contributed by atoms with van der Waals surface area (Å²) in [6.07, 6.45) is -0.931. The third-order valence-electron chi connectivity index (χ3n) is 0.639.